The maximum atomic E-state index is 4.64. The topological polar surface area (TPSA) is 24.9 Å². The van der Waals surface area contributed by atoms with Gasteiger partial charge in [0, 0.05) is 12.2 Å². The largest absolute Gasteiger partial charge is 0.370 e. The van der Waals surface area contributed by atoms with Crippen molar-refractivity contribution in [3.8, 4) is 0 Å². The molecule has 0 saturated heterocycles. The van der Waals surface area contributed by atoms with E-state index < -0.39 is 0 Å². The van der Waals surface area contributed by atoms with Crippen LogP contribution in [0.2, 0.25) is 0 Å². The molecule has 0 atom stereocenters. The van der Waals surface area contributed by atoms with Gasteiger partial charge in [-0.3, -0.25) is 0 Å². The predicted molar refractivity (Wildman–Crippen MR) is 59.7 cm³/mol. The third-order valence-electron chi connectivity index (χ3n) is 2.73. The van der Waals surface area contributed by atoms with Crippen molar-refractivity contribution in [2.75, 3.05) is 11.9 Å². The number of fused-ring (bicyclic) bond motifs is 1. The molecule has 1 heterocycles. The summed E-state index contributed by atoms with van der Waals surface area (Å²) in [6.07, 6.45) is 6.17. The molecule has 14 heavy (non-hydrogen) atoms. The molecule has 1 aliphatic carbocycles. The van der Waals surface area contributed by atoms with Gasteiger partial charge in [0.25, 0.3) is 0 Å². The van der Waals surface area contributed by atoms with Crippen LogP contribution in [0, 0.1) is 0 Å². The first kappa shape index (κ1) is 9.50. The summed E-state index contributed by atoms with van der Waals surface area (Å²) in [5.41, 5.74) is 2.77. The Morgan fingerprint density at radius 1 is 1.29 bits per heavy atom. The zero-order valence-corrected chi connectivity index (χ0v) is 8.84. The first-order chi connectivity index (χ1) is 6.90. The maximum Gasteiger partial charge on any atom is 0.126 e. The standard InChI is InChI=1S/C12H18N2/c1-2-9-13-12-8-7-10-5-3-4-6-11(10)14-12/h7-8H,2-6,9H2,1H3,(H,13,14). The normalized spacial score (nSPS) is 14.9. The average Bonchev–Trinajstić information content (AvgIpc) is 2.26. The van der Waals surface area contributed by atoms with E-state index in [1.54, 1.807) is 0 Å². The van der Waals surface area contributed by atoms with Crippen molar-refractivity contribution >= 4 is 5.82 Å². The van der Waals surface area contributed by atoms with Crippen molar-refractivity contribution in [2.24, 2.45) is 0 Å². The van der Waals surface area contributed by atoms with Gasteiger partial charge in [-0.15, -0.1) is 0 Å². The molecule has 2 heteroatoms. The van der Waals surface area contributed by atoms with E-state index >= 15 is 0 Å². The Bertz CT molecular complexity index is 307. The van der Waals surface area contributed by atoms with Crippen LogP contribution >= 0.6 is 0 Å². The Kier molecular flexibility index (Phi) is 3.02. The highest BCUT2D eigenvalue weighted by Crippen LogP contribution is 2.20. The van der Waals surface area contributed by atoms with Crippen LogP contribution in [0.5, 0.6) is 0 Å². The lowest BCUT2D eigenvalue weighted by molar-refractivity contribution is 0.668. The number of nitrogens with zero attached hydrogens (tertiary/aromatic N) is 1. The number of hydrogen-bond donors (Lipinski definition) is 1. The van der Waals surface area contributed by atoms with E-state index in [1.165, 1.54) is 30.5 Å². The van der Waals surface area contributed by atoms with Gasteiger partial charge in [-0.05, 0) is 43.7 Å². The fourth-order valence-electron chi connectivity index (χ4n) is 1.93. The van der Waals surface area contributed by atoms with Gasteiger partial charge in [-0.25, -0.2) is 4.98 Å². The lowest BCUT2D eigenvalue weighted by atomic mass is 9.96. The van der Waals surface area contributed by atoms with E-state index in [4.69, 9.17) is 0 Å². The molecule has 1 aromatic rings. The minimum Gasteiger partial charge on any atom is -0.370 e. The molecule has 0 radical (unpaired) electrons. The average molecular weight is 190 g/mol. The molecular formula is C12H18N2. The SMILES string of the molecule is CCCNc1ccc2c(n1)CCCC2. The summed E-state index contributed by atoms with van der Waals surface area (Å²) in [5.74, 6) is 1.05. The monoisotopic (exact) mass is 190 g/mol. The van der Waals surface area contributed by atoms with Crippen molar-refractivity contribution in [3.05, 3.63) is 23.4 Å². The van der Waals surface area contributed by atoms with Crippen LogP contribution in [0.4, 0.5) is 5.82 Å². The molecule has 0 amide bonds. The number of rotatable bonds is 3. The van der Waals surface area contributed by atoms with Gasteiger partial charge < -0.3 is 5.32 Å². The van der Waals surface area contributed by atoms with Crippen molar-refractivity contribution in [2.45, 2.75) is 39.0 Å². The summed E-state index contributed by atoms with van der Waals surface area (Å²) in [7, 11) is 0. The highest BCUT2D eigenvalue weighted by Gasteiger charge is 2.10. The molecule has 0 fully saturated rings. The fourth-order valence-corrected chi connectivity index (χ4v) is 1.93. The molecule has 1 aromatic heterocycles. The van der Waals surface area contributed by atoms with Gasteiger partial charge in [0.2, 0.25) is 0 Å². The zero-order valence-electron chi connectivity index (χ0n) is 8.84. The van der Waals surface area contributed by atoms with Gasteiger partial charge in [-0.2, -0.15) is 0 Å². The van der Waals surface area contributed by atoms with Crippen molar-refractivity contribution in [1.29, 1.82) is 0 Å². The summed E-state index contributed by atoms with van der Waals surface area (Å²) in [6.45, 7) is 3.19. The smallest absolute Gasteiger partial charge is 0.126 e. The van der Waals surface area contributed by atoms with Crippen LogP contribution in [-0.4, -0.2) is 11.5 Å². The highest BCUT2D eigenvalue weighted by atomic mass is 15.0. The van der Waals surface area contributed by atoms with Crippen LogP contribution in [-0.2, 0) is 12.8 Å². The van der Waals surface area contributed by atoms with Crippen LogP contribution in [0.1, 0.15) is 37.4 Å². The highest BCUT2D eigenvalue weighted by molar-refractivity contribution is 5.39. The molecule has 76 valence electrons. The lowest BCUT2D eigenvalue weighted by Gasteiger charge is -2.15. The molecule has 0 aliphatic heterocycles. The molecule has 0 spiro atoms. The summed E-state index contributed by atoms with van der Waals surface area (Å²) >= 11 is 0. The minimum absolute atomic E-state index is 1.02. The van der Waals surface area contributed by atoms with E-state index in [0.717, 1.165) is 25.2 Å². The van der Waals surface area contributed by atoms with Gasteiger partial charge in [0.05, 0.1) is 0 Å². The molecule has 0 bridgehead atoms. The van der Waals surface area contributed by atoms with Crippen molar-refractivity contribution in [3.63, 3.8) is 0 Å². The molecule has 0 saturated carbocycles. The summed E-state index contributed by atoms with van der Waals surface area (Å²) in [4.78, 5) is 4.64. The Morgan fingerprint density at radius 3 is 3.00 bits per heavy atom. The summed E-state index contributed by atoms with van der Waals surface area (Å²) in [5, 5.41) is 3.33. The van der Waals surface area contributed by atoms with Crippen molar-refractivity contribution in [1.82, 2.24) is 4.98 Å². The Morgan fingerprint density at radius 2 is 2.14 bits per heavy atom. The third kappa shape index (κ3) is 2.06. The van der Waals surface area contributed by atoms with E-state index in [-0.39, 0.29) is 0 Å². The molecule has 0 unspecified atom stereocenters. The van der Waals surface area contributed by atoms with E-state index in [1.807, 2.05) is 0 Å². The third-order valence-corrected chi connectivity index (χ3v) is 2.73. The van der Waals surface area contributed by atoms with E-state index in [2.05, 4.69) is 29.4 Å². The molecule has 2 rings (SSSR count). The second kappa shape index (κ2) is 4.45. The van der Waals surface area contributed by atoms with Gasteiger partial charge in [-0.1, -0.05) is 13.0 Å². The van der Waals surface area contributed by atoms with Gasteiger partial charge in [0.15, 0.2) is 0 Å². The zero-order chi connectivity index (χ0) is 9.80. The maximum absolute atomic E-state index is 4.64. The van der Waals surface area contributed by atoms with Crippen LogP contribution < -0.4 is 5.32 Å². The predicted octanol–water partition coefficient (Wildman–Crippen LogP) is 2.78. The number of hydrogen-bond acceptors (Lipinski definition) is 2. The number of aryl methyl sites for hydroxylation is 2. The van der Waals surface area contributed by atoms with E-state index in [9.17, 15) is 0 Å². The van der Waals surface area contributed by atoms with Gasteiger partial charge in [0.1, 0.15) is 5.82 Å². The first-order valence-electron chi connectivity index (χ1n) is 5.63. The second-order valence-electron chi connectivity index (χ2n) is 3.94. The molecular weight excluding hydrogens is 172 g/mol. The van der Waals surface area contributed by atoms with Gasteiger partial charge >= 0.3 is 0 Å². The Hall–Kier alpha value is -1.05. The quantitative estimate of drug-likeness (QED) is 0.792. The number of nitrogens with one attached hydrogen (secondary N) is 1. The minimum atomic E-state index is 1.02. The number of aromatic nitrogens is 1. The molecule has 1 N–H and O–H groups in total. The van der Waals surface area contributed by atoms with Crippen LogP contribution in [0.3, 0.4) is 0 Å². The Labute approximate surface area is 85.7 Å². The number of anilines is 1. The number of pyridine rings is 1. The second-order valence-corrected chi connectivity index (χ2v) is 3.94. The van der Waals surface area contributed by atoms with Crippen LogP contribution in [0.15, 0.2) is 12.1 Å². The molecule has 0 aromatic carbocycles. The molecule has 1 aliphatic rings. The first-order valence-corrected chi connectivity index (χ1v) is 5.63. The van der Waals surface area contributed by atoms with E-state index in [0.29, 0.717) is 0 Å². The summed E-state index contributed by atoms with van der Waals surface area (Å²) < 4.78 is 0. The fraction of sp³-hybridized carbons (Fsp3) is 0.583. The van der Waals surface area contributed by atoms with Crippen LogP contribution in [0.25, 0.3) is 0 Å². The lowest BCUT2D eigenvalue weighted by Crippen LogP contribution is -2.08. The summed E-state index contributed by atoms with van der Waals surface area (Å²) in [6, 6.07) is 4.35. The Balaban J connectivity index is 2.12. The van der Waals surface area contributed by atoms with Crippen molar-refractivity contribution < 1.29 is 0 Å². The molecule has 2 nitrogen and oxygen atoms in total.